The monoisotopic (exact) mass is 254 g/mol. The molecule has 3 heteroatoms. The number of rotatable bonds is 5. The van der Waals surface area contributed by atoms with Gasteiger partial charge in [-0.25, -0.2) is 0 Å². The molecule has 1 saturated heterocycles. The van der Waals surface area contributed by atoms with E-state index in [1.165, 1.54) is 45.1 Å². The maximum atomic E-state index is 6.08. The minimum absolute atomic E-state index is 0.0384. The lowest BCUT2D eigenvalue weighted by atomic mass is 9.76. The van der Waals surface area contributed by atoms with Gasteiger partial charge < -0.3 is 10.5 Å². The van der Waals surface area contributed by atoms with E-state index in [9.17, 15) is 0 Å². The average Bonchev–Trinajstić information content (AvgIpc) is 2.44. The van der Waals surface area contributed by atoms with Crippen LogP contribution in [-0.2, 0) is 4.74 Å². The van der Waals surface area contributed by atoms with Crippen LogP contribution in [0.3, 0.4) is 0 Å². The number of hydrogen-bond donors (Lipinski definition) is 1. The van der Waals surface area contributed by atoms with Gasteiger partial charge >= 0.3 is 0 Å². The molecular weight excluding hydrogens is 224 g/mol. The molecule has 1 aliphatic carbocycles. The molecule has 0 bridgehead atoms. The summed E-state index contributed by atoms with van der Waals surface area (Å²) >= 11 is 0. The van der Waals surface area contributed by atoms with Crippen LogP contribution in [0.2, 0.25) is 0 Å². The van der Waals surface area contributed by atoms with Crippen molar-refractivity contribution in [1.82, 2.24) is 4.90 Å². The van der Waals surface area contributed by atoms with Gasteiger partial charge in [0.25, 0.3) is 0 Å². The predicted molar refractivity (Wildman–Crippen MR) is 75.6 cm³/mol. The molecule has 2 rings (SSSR count). The number of likely N-dealkylation sites (tertiary alicyclic amines) is 1. The zero-order valence-electron chi connectivity index (χ0n) is 12.2. The summed E-state index contributed by atoms with van der Waals surface area (Å²) in [5.41, 5.74) is 6.12. The lowest BCUT2D eigenvalue weighted by molar-refractivity contribution is -0.0568. The first-order valence-electron chi connectivity index (χ1n) is 7.76. The maximum absolute atomic E-state index is 6.08. The Balaban J connectivity index is 2.07. The summed E-state index contributed by atoms with van der Waals surface area (Å²) in [4.78, 5) is 2.69. The molecule has 0 spiro atoms. The Morgan fingerprint density at radius 2 is 1.94 bits per heavy atom. The highest BCUT2D eigenvalue weighted by Crippen LogP contribution is 2.38. The fourth-order valence-corrected chi connectivity index (χ4v) is 3.88. The molecule has 0 aromatic rings. The second kappa shape index (κ2) is 6.36. The van der Waals surface area contributed by atoms with E-state index in [2.05, 4.69) is 18.7 Å². The number of piperidine rings is 1. The summed E-state index contributed by atoms with van der Waals surface area (Å²) in [5.74, 6) is 0.917. The second-order valence-corrected chi connectivity index (χ2v) is 6.29. The van der Waals surface area contributed by atoms with Gasteiger partial charge in [-0.2, -0.15) is 0 Å². The zero-order chi connectivity index (χ0) is 13.0. The Hall–Kier alpha value is -0.120. The largest absolute Gasteiger partial charge is 0.380 e. The van der Waals surface area contributed by atoms with E-state index in [4.69, 9.17) is 10.5 Å². The van der Waals surface area contributed by atoms with Crippen molar-refractivity contribution in [1.29, 1.82) is 0 Å². The van der Waals surface area contributed by atoms with E-state index in [1.54, 1.807) is 0 Å². The number of hydrogen-bond acceptors (Lipinski definition) is 3. The van der Waals surface area contributed by atoms with Crippen LogP contribution in [0, 0.1) is 5.92 Å². The molecule has 0 amide bonds. The Morgan fingerprint density at radius 3 is 2.67 bits per heavy atom. The second-order valence-electron chi connectivity index (χ2n) is 6.29. The molecule has 1 unspecified atom stereocenters. The third-order valence-electron chi connectivity index (χ3n) is 4.99. The minimum Gasteiger partial charge on any atom is -0.380 e. The lowest BCUT2D eigenvalue weighted by Gasteiger charge is -2.52. The van der Waals surface area contributed by atoms with E-state index < -0.39 is 0 Å². The highest BCUT2D eigenvalue weighted by Gasteiger charge is 2.41. The fraction of sp³-hybridized carbons (Fsp3) is 1.00. The first-order chi connectivity index (χ1) is 8.71. The highest BCUT2D eigenvalue weighted by molar-refractivity contribution is 4.97. The SMILES string of the molecule is CCOCC(C)(CN)N1CCC[C@H]2CCCC[C@H]21. The molecule has 1 aliphatic heterocycles. The van der Waals surface area contributed by atoms with Gasteiger partial charge in [-0.1, -0.05) is 12.8 Å². The lowest BCUT2D eigenvalue weighted by Crippen LogP contribution is -2.62. The molecule has 2 N–H and O–H groups in total. The molecular formula is C15H30N2O. The van der Waals surface area contributed by atoms with Crippen molar-refractivity contribution in [2.75, 3.05) is 26.3 Å². The highest BCUT2D eigenvalue weighted by atomic mass is 16.5. The summed E-state index contributed by atoms with van der Waals surface area (Å²) in [6.07, 6.45) is 8.38. The molecule has 106 valence electrons. The van der Waals surface area contributed by atoms with Crippen LogP contribution < -0.4 is 5.73 Å². The number of fused-ring (bicyclic) bond motifs is 1. The summed E-state index contributed by atoms with van der Waals surface area (Å²) in [7, 11) is 0. The molecule has 3 nitrogen and oxygen atoms in total. The van der Waals surface area contributed by atoms with Crippen molar-refractivity contribution in [3.63, 3.8) is 0 Å². The molecule has 0 aromatic heterocycles. The van der Waals surface area contributed by atoms with Crippen LogP contribution in [0.15, 0.2) is 0 Å². The van der Waals surface area contributed by atoms with Gasteiger partial charge in [0.2, 0.25) is 0 Å². The van der Waals surface area contributed by atoms with Crippen molar-refractivity contribution >= 4 is 0 Å². The molecule has 18 heavy (non-hydrogen) atoms. The minimum atomic E-state index is 0.0384. The Labute approximate surface area is 112 Å². The molecule has 2 fully saturated rings. The molecule has 2 aliphatic rings. The van der Waals surface area contributed by atoms with Gasteiger partial charge in [-0.15, -0.1) is 0 Å². The zero-order valence-corrected chi connectivity index (χ0v) is 12.2. The van der Waals surface area contributed by atoms with Crippen molar-refractivity contribution in [3.8, 4) is 0 Å². The first-order valence-corrected chi connectivity index (χ1v) is 7.76. The Bertz CT molecular complexity index is 257. The normalized spacial score (nSPS) is 32.8. The average molecular weight is 254 g/mol. The maximum Gasteiger partial charge on any atom is 0.0660 e. The molecule has 1 heterocycles. The van der Waals surface area contributed by atoms with Crippen LogP contribution in [0.1, 0.15) is 52.4 Å². The quantitative estimate of drug-likeness (QED) is 0.819. The van der Waals surface area contributed by atoms with E-state index in [1.807, 2.05) is 0 Å². The van der Waals surface area contributed by atoms with Gasteiger partial charge in [0.1, 0.15) is 0 Å². The van der Waals surface area contributed by atoms with Crippen LogP contribution >= 0.6 is 0 Å². The summed E-state index contributed by atoms with van der Waals surface area (Å²) in [6, 6.07) is 0.765. The summed E-state index contributed by atoms with van der Waals surface area (Å²) in [5, 5.41) is 0. The molecule has 1 saturated carbocycles. The number of ether oxygens (including phenoxy) is 1. The van der Waals surface area contributed by atoms with Crippen LogP contribution in [0.25, 0.3) is 0 Å². The Kier molecular flexibility index (Phi) is 5.05. The van der Waals surface area contributed by atoms with Crippen LogP contribution in [0.5, 0.6) is 0 Å². The fourth-order valence-electron chi connectivity index (χ4n) is 3.88. The Morgan fingerprint density at radius 1 is 1.22 bits per heavy atom. The topological polar surface area (TPSA) is 38.5 Å². The van der Waals surface area contributed by atoms with Gasteiger partial charge in [-0.05, 0) is 52.0 Å². The van der Waals surface area contributed by atoms with Gasteiger partial charge in [0.05, 0.1) is 12.1 Å². The third kappa shape index (κ3) is 2.89. The van der Waals surface area contributed by atoms with Gasteiger partial charge in [0, 0.05) is 19.2 Å². The standard InChI is InChI=1S/C15H30N2O/c1-3-18-12-15(2,11-16)17-10-6-8-13-7-4-5-9-14(13)17/h13-14H,3-12,16H2,1-2H3/t13-,14-,15?/m1/s1. The third-order valence-corrected chi connectivity index (χ3v) is 4.99. The van der Waals surface area contributed by atoms with Crippen LogP contribution in [0.4, 0.5) is 0 Å². The number of nitrogens with zero attached hydrogens (tertiary/aromatic N) is 1. The molecule has 3 atom stereocenters. The van der Waals surface area contributed by atoms with Gasteiger partial charge in [-0.3, -0.25) is 4.90 Å². The summed E-state index contributed by atoms with van der Waals surface area (Å²) in [6.45, 7) is 7.84. The van der Waals surface area contributed by atoms with E-state index in [-0.39, 0.29) is 5.54 Å². The van der Waals surface area contributed by atoms with Crippen molar-refractivity contribution in [3.05, 3.63) is 0 Å². The predicted octanol–water partition coefficient (Wildman–Crippen LogP) is 2.39. The van der Waals surface area contributed by atoms with E-state index >= 15 is 0 Å². The van der Waals surface area contributed by atoms with Crippen molar-refractivity contribution in [2.24, 2.45) is 11.7 Å². The number of nitrogens with two attached hydrogens (primary N) is 1. The molecule has 0 aromatic carbocycles. The van der Waals surface area contributed by atoms with Gasteiger partial charge in [0.15, 0.2) is 0 Å². The van der Waals surface area contributed by atoms with Crippen molar-refractivity contribution < 1.29 is 4.74 Å². The van der Waals surface area contributed by atoms with E-state index in [0.717, 1.165) is 25.2 Å². The molecule has 0 radical (unpaired) electrons. The van der Waals surface area contributed by atoms with E-state index in [0.29, 0.717) is 6.54 Å². The smallest absolute Gasteiger partial charge is 0.0660 e. The van der Waals surface area contributed by atoms with Crippen molar-refractivity contribution in [2.45, 2.75) is 64.0 Å². The first kappa shape index (κ1) is 14.3. The summed E-state index contributed by atoms with van der Waals surface area (Å²) < 4.78 is 5.70. The van der Waals surface area contributed by atoms with Crippen LogP contribution in [-0.4, -0.2) is 42.8 Å².